The lowest BCUT2D eigenvalue weighted by Crippen LogP contribution is -2.36. The van der Waals surface area contributed by atoms with Crippen molar-refractivity contribution >= 4 is 34.2 Å². The lowest BCUT2D eigenvalue weighted by Gasteiger charge is -2.30. The van der Waals surface area contributed by atoms with E-state index in [1.54, 1.807) is 0 Å². The molecule has 3 nitrogen and oxygen atoms in total. The maximum atomic E-state index is 5.33. The summed E-state index contributed by atoms with van der Waals surface area (Å²) >= 11 is 2.17. The molecule has 14 heavy (non-hydrogen) atoms. The largest absolute Gasteiger partial charge is 0.378 e. The molecule has 1 aromatic carbocycles. The van der Waals surface area contributed by atoms with Crippen molar-refractivity contribution in [3.8, 4) is 0 Å². The predicted molar refractivity (Wildman–Crippen MR) is 67.1 cm³/mol. The molecule has 1 aliphatic heterocycles. The number of hydrogen-bond acceptors (Lipinski definition) is 3. The highest BCUT2D eigenvalue weighted by Crippen LogP contribution is 2.26. The highest BCUT2D eigenvalue weighted by molar-refractivity contribution is 14.1. The summed E-state index contributed by atoms with van der Waals surface area (Å²) in [5, 5.41) is 0. The Morgan fingerprint density at radius 1 is 1.21 bits per heavy atom. The van der Waals surface area contributed by atoms with Gasteiger partial charge in [0.05, 0.1) is 47.5 Å². The van der Waals surface area contributed by atoms with Crippen LogP contribution in [0.3, 0.4) is 0 Å². The van der Waals surface area contributed by atoms with Crippen LogP contribution in [0.2, 0.25) is 0 Å². The van der Waals surface area contributed by atoms with Crippen molar-refractivity contribution in [1.82, 2.24) is 0 Å². The lowest BCUT2D eigenvalue weighted by atomic mass is 10.2. The molecule has 0 spiro atoms. The van der Waals surface area contributed by atoms with Crippen molar-refractivity contribution in [3.63, 3.8) is 0 Å². The van der Waals surface area contributed by atoms with E-state index in [-0.39, 0.29) is 0 Å². The number of morpholine rings is 1. The molecule has 4 heteroatoms. The Kier molecular flexibility index (Phi) is 3.47. The lowest BCUT2D eigenvalue weighted by molar-refractivity contribution is 0.123. The van der Waals surface area contributed by atoms with E-state index in [1.807, 2.05) is 6.07 Å². The zero-order chi connectivity index (χ0) is 9.80. The number of rotatable bonds is 2. The van der Waals surface area contributed by atoms with Crippen LogP contribution < -0.4 is 8.43 Å². The topological polar surface area (TPSA) is 24.5 Å². The van der Waals surface area contributed by atoms with Crippen LogP contribution in [0.5, 0.6) is 0 Å². The van der Waals surface area contributed by atoms with E-state index in [2.05, 4.69) is 49.5 Å². The van der Waals surface area contributed by atoms with Crippen LogP contribution in [0.25, 0.3) is 0 Å². The third-order valence-electron chi connectivity index (χ3n) is 2.36. The van der Waals surface area contributed by atoms with Gasteiger partial charge in [-0.15, -0.1) is 0 Å². The van der Waals surface area contributed by atoms with E-state index in [1.165, 1.54) is 11.4 Å². The third kappa shape index (κ3) is 2.12. The van der Waals surface area contributed by atoms with E-state index in [0.29, 0.717) is 0 Å². The van der Waals surface area contributed by atoms with E-state index in [9.17, 15) is 0 Å². The molecule has 0 aliphatic carbocycles. The Morgan fingerprint density at radius 2 is 1.93 bits per heavy atom. The SMILES string of the molecule is INc1ccccc1N1CCOCC1. The zero-order valence-electron chi connectivity index (χ0n) is 7.87. The Bertz CT molecular complexity index is 300. The fraction of sp³-hybridized carbons (Fsp3) is 0.400. The average Bonchev–Trinajstić information content (AvgIpc) is 2.30. The molecule has 0 aromatic heterocycles. The molecule has 0 unspecified atom stereocenters. The Balaban J connectivity index is 2.20. The smallest absolute Gasteiger partial charge is 0.0664 e. The number of nitrogens with one attached hydrogen (secondary N) is 1. The van der Waals surface area contributed by atoms with Gasteiger partial charge in [0, 0.05) is 13.1 Å². The van der Waals surface area contributed by atoms with Crippen LogP contribution in [-0.2, 0) is 4.74 Å². The summed E-state index contributed by atoms with van der Waals surface area (Å²) in [4.78, 5) is 2.35. The quantitative estimate of drug-likeness (QED) is 0.670. The number of para-hydroxylation sites is 2. The average molecular weight is 304 g/mol. The molecule has 1 aromatic rings. The van der Waals surface area contributed by atoms with Crippen LogP contribution in [0, 0.1) is 0 Å². The van der Waals surface area contributed by atoms with Gasteiger partial charge in [-0.25, -0.2) is 0 Å². The number of halogens is 1. The van der Waals surface area contributed by atoms with Crippen molar-refractivity contribution in [1.29, 1.82) is 0 Å². The Labute approximate surface area is 97.9 Å². The van der Waals surface area contributed by atoms with Gasteiger partial charge < -0.3 is 13.2 Å². The molecule has 1 N–H and O–H groups in total. The molecule has 1 fully saturated rings. The first-order chi connectivity index (χ1) is 6.92. The van der Waals surface area contributed by atoms with Crippen LogP contribution in [-0.4, -0.2) is 26.3 Å². The molecule has 1 aliphatic rings. The summed E-state index contributed by atoms with van der Waals surface area (Å²) in [6.45, 7) is 3.62. The van der Waals surface area contributed by atoms with Crippen molar-refractivity contribution in [2.75, 3.05) is 34.7 Å². The molecule has 0 saturated carbocycles. The first-order valence-corrected chi connectivity index (χ1v) is 5.78. The van der Waals surface area contributed by atoms with E-state index >= 15 is 0 Å². The molecule has 0 amide bonds. The van der Waals surface area contributed by atoms with Gasteiger partial charge in [0.2, 0.25) is 0 Å². The molecule has 0 bridgehead atoms. The van der Waals surface area contributed by atoms with Gasteiger partial charge in [0.1, 0.15) is 0 Å². The van der Waals surface area contributed by atoms with Crippen molar-refractivity contribution in [3.05, 3.63) is 24.3 Å². The van der Waals surface area contributed by atoms with Gasteiger partial charge >= 0.3 is 0 Å². The molecule has 2 rings (SSSR count). The van der Waals surface area contributed by atoms with Crippen LogP contribution in [0.15, 0.2) is 24.3 Å². The molecule has 0 atom stereocenters. The maximum Gasteiger partial charge on any atom is 0.0664 e. The minimum Gasteiger partial charge on any atom is -0.378 e. The summed E-state index contributed by atoms with van der Waals surface area (Å²) in [7, 11) is 0. The molecule has 76 valence electrons. The van der Waals surface area contributed by atoms with Crippen LogP contribution >= 0.6 is 22.9 Å². The van der Waals surface area contributed by atoms with Gasteiger partial charge in [-0.1, -0.05) is 12.1 Å². The highest BCUT2D eigenvalue weighted by Gasteiger charge is 2.13. The summed E-state index contributed by atoms with van der Waals surface area (Å²) < 4.78 is 8.51. The Hall–Kier alpha value is -0.490. The normalized spacial score (nSPS) is 16.8. The zero-order valence-corrected chi connectivity index (χ0v) is 10.0. The van der Waals surface area contributed by atoms with Crippen LogP contribution in [0.1, 0.15) is 0 Å². The number of nitrogens with zero attached hydrogens (tertiary/aromatic N) is 1. The van der Waals surface area contributed by atoms with Crippen molar-refractivity contribution < 1.29 is 4.74 Å². The van der Waals surface area contributed by atoms with Crippen molar-refractivity contribution in [2.45, 2.75) is 0 Å². The molecule has 0 radical (unpaired) electrons. The van der Waals surface area contributed by atoms with Gasteiger partial charge in [-0.2, -0.15) is 0 Å². The highest BCUT2D eigenvalue weighted by atomic mass is 127. The number of ether oxygens (including phenoxy) is 1. The minimum absolute atomic E-state index is 0.829. The minimum atomic E-state index is 0.829. The predicted octanol–water partition coefficient (Wildman–Crippen LogP) is 2.29. The van der Waals surface area contributed by atoms with Gasteiger partial charge in [-0.05, 0) is 12.1 Å². The maximum absolute atomic E-state index is 5.33. The fourth-order valence-electron chi connectivity index (χ4n) is 1.63. The fourth-order valence-corrected chi connectivity index (χ4v) is 2.09. The first kappa shape index (κ1) is 10.0. The molecular weight excluding hydrogens is 291 g/mol. The number of benzene rings is 1. The van der Waals surface area contributed by atoms with Gasteiger partial charge in [-0.3, -0.25) is 0 Å². The molecule has 1 saturated heterocycles. The Morgan fingerprint density at radius 3 is 2.64 bits per heavy atom. The van der Waals surface area contributed by atoms with E-state index in [4.69, 9.17) is 4.74 Å². The summed E-state index contributed by atoms with van der Waals surface area (Å²) in [5.41, 5.74) is 2.44. The van der Waals surface area contributed by atoms with Gasteiger partial charge in [0.15, 0.2) is 0 Å². The van der Waals surface area contributed by atoms with Gasteiger partial charge in [0.25, 0.3) is 0 Å². The first-order valence-electron chi connectivity index (χ1n) is 4.70. The summed E-state index contributed by atoms with van der Waals surface area (Å²) in [5.74, 6) is 0. The second-order valence-corrected chi connectivity index (χ2v) is 3.75. The van der Waals surface area contributed by atoms with E-state index < -0.39 is 0 Å². The monoisotopic (exact) mass is 304 g/mol. The summed E-state index contributed by atoms with van der Waals surface area (Å²) in [6.07, 6.45) is 0. The molecule has 1 heterocycles. The standard InChI is InChI=1S/C10H13IN2O/c11-12-9-3-1-2-4-10(9)13-5-7-14-8-6-13/h1-4,12H,5-8H2. The molecular formula is C10H13IN2O. The van der Waals surface area contributed by atoms with Crippen LogP contribution in [0.4, 0.5) is 11.4 Å². The second-order valence-electron chi connectivity index (χ2n) is 3.21. The number of anilines is 2. The summed E-state index contributed by atoms with van der Waals surface area (Å²) in [6, 6.07) is 8.36. The second kappa shape index (κ2) is 4.84. The third-order valence-corrected chi connectivity index (χ3v) is 2.94. The van der Waals surface area contributed by atoms with Crippen molar-refractivity contribution in [2.24, 2.45) is 0 Å². The van der Waals surface area contributed by atoms with E-state index in [0.717, 1.165) is 26.3 Å². The number of hydrogen-bond donors (Lipinski definition) is 1.